The highest BCUT2D eigenvalue weighted by molar-refractivity contribution is 6.29. The Morgan fingerprint density at radius 1 is 1.39 bits per heavy atom. The van der Waals surface area contributed by atoms with Crippen LogP contribution >= 0.6 is 11.6 Å². The third-order valence-corrected chi connectivity index (χ3v) is 3.14. The summed E-state index contributed by atoms with van der Waals surface area (Å²) in [4.78, 5) is 19.8. The largest absolute Gasteiger partial charge is 0.482 e. The molecule has 1 aromatic heterocycles. The van der Waals surface area contributed by atoms with Crippen molar-refractivity contribution in [2.75, 3.05) is 39.8 Å². The van der Waals surface area contributed by atoms with E-state index in [2.05, 4.69) is 16.9 Å². The van der Waals surface area contributed by atoms with Gasteiger partial charge in [-0.3, -0.25) is 4.79 Å². The summed E-state index contributed by atoms with van der Waals surface area (Å²) in [5.41, 5.74) is 0. The zero-order valence-corrected chi connectivity index (χ0v) is 11.1. The lowest BCUT2D eigenvalue weighted by Gasteiger charge is -2.32. The van der Waals surface area contributed by atoms with Crippen molar-refractivity contribution in [3.8, 4) is 5.75 Å². The molecule has 1 aromatic rings. The molecule has 0 N–H and O–H groups in total. The van der Waals surface area contributed by atoms with Crippen molar-refractivity contribution in [2.24, 2.45) is 0 Å². The summed E-state index contributed by atoms with van der Waals surface area (Å²) < 4.78 is 5.38. The summed E-state index contributed by atoms with van der Waals surface area (Å²) in [6.45, 7) is 3.39. The van der Waals surface area contributed by atoms with E-state index in [9.17, 15) is 4.79 Å². The molecule has 98 valence electrons. The standard InChI is InChI=1S/C12H16ClN3O2/c1-15-4-6-16(7-5-15)12(17)9-18-10-2-3-11(13)14-8-10/h2-3,8H,4-7,9H2,1H3. The lowest BCUT2D eigenvalue weighted by molar-refractivity contribution is -0.134. The molecule has 1 amide bonds. The van der Waals surface area contributed by atoms with Crippen molar-refractivity contribution < 1.29 is 9.53 Å². The van der Waals surface area contributed by atoms with E-state index in [4.69, 9.17) is 16.3 Å². The summed E-state index contributed by atoms with van der Waals surface area (Å²) in [7, 11) is 2.05. The van der Waals surface area contributed by atoms with E-state index in [0.29, 0.717) is 10.9 Å². The molecule has 18 heavy (non-hydrogen) atoms. The van der Waals surface area contributed by atoms with Crippen LogP contribution in [0, 0.1) is 0 Å². The van der Waals surface area contributed by atoms with Gasteiger partial charge in [-0.25, -0.2) is 4.98 Å². The Hall–Kier alpha value is -1.33. The summed E-state index contributed by atoms with van der Waals surface area (Å²) in [6.07, 6.45) is 1.51. The maximum atomic E-state index is 11.9. The molecule has 0 radical (unpaired) electrons. The fourth-order valence-electron chi connectivity index (χ4n) is 1.74. The van der Waals surface area contributed by atoms with E-state index in [1.165, 1.54) is 6.20 Å². The number of piperazine rings is 1. The van der Waals surface area contributed by atoms with Crippen LogP contribution in [0.3, 0.4) is 0 Å². The van der Waals surface area contributed by atoms with Gasteiger partial charge < -0.3 is 14.5 Å². The Bertz CT molecular complexity index is 402. The number of aromatic nitrogens is 1. The number of rotatable bonds is 3. The minimum atomic E-state index is 0.0121. The van der Waals surface area contributed by atoms with Gasteiger partial charge in [-0.1, -0.05) is 11.6 Å². The highest BCUT2D eigenvalue weighted by Crippen LogP contribution is 2.12. The van der Waals surface area contributed by atoms with Gasteiger partial charge in [0.1, 0.15) is 10.9 Å². The van der Waals surface area contributed by atoms with Crippen LogP contribution in [-0.4, -0.2) is 60.5 Å². The predicted octanol–water partition coefficient (Wildman–Crippen LogP) is 0.888. The Morgan fingerprint density at radius 3 is 2.72 bits per heavy atom. The second-order valence-corrected chi connectivity index (χ2v) is 4.68. The minimum absolute atomic E-state index is 0.0121. The fourth-order valence-corrected chi connectivity index (χ4v) is 1.85. The number of amides is 1. The summed E-state index contributed by atoms with van der Waals surface area (Å²) in [6, 6.07) is 3.34. The molecule has 0 spiro atoms. The van der Waals surface area contributed by atoms with Crippen LogP contribution in [0.4, 0.5) is 0 Å². The smallest absolute Gasteiger partial charge is 0.260 e. The van der Waals surface area contributed by atoms with E-state index in [-0.39, 0.29) is 12.5 Å². The Morgan fingerprint density at radius 2 is 2.11 bits per heavy atom. The Kier molecular flexibility index (Phi) is 4.38. The van der Waals surface area contributed by atoms with Crippen molar-refractivity contribution >= 4 is 17.5 Å². The summed E-state index contributed by atoms with van der Waals surface area (Å²) in [5.74, 6) is 0.569. The molecule has 2 rings (SSSR count). The number of halogens is 1. The van der Waals surface area contributed by atoms with Crippen LogP contribution in [0.15, 0.2) is 18.3 Å². The molecule has 2 heterocycles. The van der Waals surface area contributed by atoms with Gasteiger partial charge >= 0.3 is 0 Å². The van der Waals surface area contributed by atoms with E-state index in [1.54, 1.807) is 12.1 Å². The zero-order valence-electron chi connectivity index (χ0n) is 10.3. The fraction of sp³-hybridized carbons (Fsp3) is 0.500. The van der Waals surface area contributed by atoms with Crippen LogP contribution in [0.5, 0.6) is 5.75 Å². The van der Waals surface area contributed by atoms with Crippen LogP contribution in [-0.2, 0) is 4.79 Å². The van der Waals surface area contributed by atoms with Crippen molar-refractivity contribution in [1.29, 1.82) is 0 Å². The number of hydrogen-bond donors (Lipinski definition) is 0. The molecule has 0 bridgehead atoms. The number of ether oxygens (including phenoxy) is 1. The molecule has 1 aliphatic heterocycles. The molecule has 1 aliphatic rings. The zero-order chi connectivity index (χ0) is 13.0. The average molecular weight is 270 g/mol. The molecule has 1 fully saturated rings. The van der Waals surface area contributed by atoms with Gasteiger partial charge in [-0.2, -0.15) is 0 Å². The number of carbonyl (C=O) groups excluding carboxylic acids is 1. The highest BCUT2D eigenvalue weighted by atomic mass is 35.5. The van der Waals surface area contributed by atoms with Crippen LogP contribution < -0.4 is 4.74 Å². The third kappa shape index (κ3) is 3.58. The molecule has 6 heteroatoms. The number of carbonyl (C=O) groups is 1. The first-order valence-electron chi connectivity index (χ1n) is 5.86. The molecule has 0 unspecified atom stereocenters. The Balaban J connectivity index is 1.79. The second kappa shape index (κ2) is 6.02. The monoisotopic (exact) mass is 269 g/mol. The quantitative estimate of drug-likeness (QED) is 0.765. The molecular weight excluding hydrogens is 254 g/mol. The van der Waals surface area contributed by atoms with Gasteiger partial charge in [-0.15, -0.1) is 0 Å². The van der Waals surface area contributed by atoms with Crippen molar-refractivity contribution in [3.63, 3.8) is 0 Å². The SMILES string of the molecule is CN1CCN(C(=O)COc2ccc(Cl)nc2)CC1. The van der Waals surface area contributed by atoms with Gasteiger partial charge in [0.25, 0.3) is 5.91 Å². The van der Waals surface area contributed by atoms with Crippen molar-refractivity contribution in [1.82, 2.24) is 14.8 Å². The van der Waals surface area contributed by atoms with Gasteiger partial charge in [0, 0.05) is 26.2 Å². The van der Waals surface area contributed by atoms with E-state index >= 15 is 0 Å². The van der Waals surface area contributed by atoms with Gasteiger partial charge in [0.2, 0.25) is 0 Å². The van der Waals surface area contributed by atoms with Gasteiger partial charge in [0.15, 0.2) is 6.61 Å². The van der Waals surface area contributed by atoms with E-state index in [1.807, 2.05) is 4.90 Å². The first-order valence-corrected chi connectivity index (χ1v) is 6.23. The molecule has 0 saturated carbocycles. The van der Waals surface area contributed by atoms with Crippen LogP contribution in [0.2, 0.25) is 5.15 Å². The summed E-state index contributed by atoms with van der Waals surface area (Å²) >= 11 is 5.66. The average Bonchev–Trinajstić information content (AvgIpc) is 2.38. The number of hydrogen-bond acceptors (Lipinski definition) is 4. The Labute approximate surface area is 111 Å². The van der Waals surface area contributed by atoms with Gasteiger partial charge in [-0.05, 0) is 19.2 Å². The number of nitrogens with zero attached hydrogens (tertiary/aromatic N) is 3. The minimum Gasteiger partial charge on any atom is -0.482 e. The first-order chi connectivity index (χ1) is 8.65. The maximum absolute atomic E-state index is 11.9. The normalized spacial score (nSPS) is 16.7. The number of likely N-dealkylation sites (N-methyl/N-ethyl adjacent to an activating group) is 1. The van der Waals surface area contributed by atoms with E-state index in [0.717, 1.165) is 26.2 Å². The molecule has 5 nitrogen and oxygen atoms in total. The van der Waals surface area contributed by atoms with Crippen LogP contribution in [0.25, 0.3) is 0 Å². The van der Waals surface area contributed by atoms with Crippen LogP contribution in [0.1, 0.15) is 0 Å². The molecule has 0 atom stereocenters. The van der Waals surface area contributed by atoms with Crippen molar-refractivity contribution in [3.05, 3.63) is 23.5 Å². The van der Waals surface area contributed by atoms with Crippen molar-refractivity contribution in [2.45, 2.75) is 0 Å². The topological polar surface area (TPSA) is 45.7 Å². The molecular formula is C12H16ClN3O2. The molecule has 0 aromatic carbocycles. The third-order valence-electron chi connectivity index (χ3n) is 2.92. The lowest BCUT2D eigenvalue weighted by atomic mass is 10.3. The lowest BCUT2D eigenvalue weighted by Crippen LogP contribution is -2.48. The highest BCUT2D eigenvalue weighted by Gasteiger charge is 2.19. The summed E-state index contributed by atoms with van der Waals surface area (Å²) in [5, 5.41) is 0.410. The maximum Gasteiger partial charge on any atom is 0.260 e. The molecule has 1 saturated heterocycles. The number of pyridine rings is 1. The van der Waals surface area contributed by atoms with Gasteiger partial charge in [0.05, 0.1) is 6.20 Å². The predicted molar refractivity (Wildman–Crippen MR) is 68.8 cm³/mol. The first kappa shape index (κ1) is 13.1. The molecule has 0 aliphatic carbocycles. The second-order valence-electron chi connectivity index (χ2n) is 4.29. The van der Waals surface area contributed by atoms with E-state index < -0.39 is 0 Å².